The van der Waals surface area contributed by atoms with Crippen LogP contribution < -0.4 is 0 Å². The van der Waals surface area contributed by atoms with Gasteiger partial charge in [0.05, 0.1) is 26.8 Å². The SMILES string of the molecule is c1nc2c3ccsc3c3sccc3c2[nH]1. The molecule has 0 spiro atoms. The zero-order valence-electron chi connectivity index (χ0n) is 7.65. The summed E-state index contributed by atoms with van der Waals surface area (Å²) in [4.78, 5) is 7.64. The summed E-state index contributed by atoms with van der Waals surface area (Å²) < 4.78 is 2.73. The van der Waals surface area contributed by atoms with Gasteiger partial charge in [0.2, 0.25) is 0 Å². The van der Waals surface area contributed by atoms with E-state index in [1.807, 2.05) is 0 Å². The molecule has 0 saturated carbocycles. The molecular formula is C11H6N2S2. The van der Waals surface area contributed by atoms with Gasteiger partial charge in [0.1, 0.15) is 0 Å². The molecule has 0 saturated heterocycles. The second-order valence-electron chi connectivity index (χ2n) is 3.45. The third kappa shape index (κ3) is 0.861. The molecule has 4 rings (SSSR count). The molecule has 0 unspecified atom stereocenters. The van der Waals surface area contributed by atoms with Gasteiger partial charge >= 0.3 is 0 Å². The largest absolute Gasteiger partial charge is 0.344 e. The Morgan fingerprint density at radius 3 is 2.60 bits per heavy atom. The predicted molar refractivity (Wildman–Crippen MR) is 66.9 cm³/mol. The van der Waals surface area contributed by atoms with Crippen LogP contribution in [0.3, 0.4) is 0 Å². The summed E-state index contributed by atoms with van der Waals surface area (Å²) in [5, 5.41) is 6.84. The molecule has 0 aliphatic carbocycles. The number of nitrogens with one attached hydrogen (secondary N) is 1. The summed E-state index contributed by atoms with van der Waals surface area (Å²) in [6.45, 7) is 0. The van der Waals surface area contributed by atoms with Crippen molar-refractivity contribution in [1.82, 2.24) is 9.97 Å². The fourth-order valence-electron chi connectivity index (χ4n) is 2.06. The maximum Gasteiger partial charge on any atom is 0.0976 e. The zero-order valence-corrected chi connectivity index (χ0v) is 9.28. The molecule has 0 fully saturated rings. The number of thiophene rings is 2. The lowest BCUT2D eigenvalue weighted by Gasteiger charge is -1.95. The zero-order chi connectivity index (χ0) is 9.83. The van der Waals surface area contributed by atoms with Crippen LogP contribution in [0.15, 0.2) is 29.2 Å². The van der Waals surface area contributed by atoms with Gasteiger partial charge < -0.3 is 4.98 Å². The third-order valence-corrected chi connectivity index (χ3v) is 4.69. The Morgan fingerprint density at radius 2 is 1.73 bits per heavy atom. The first-order valence-electron chi connectivity index (χ1n) is 4.64. The molecule has 4 heteroatoms. The van der Waals surface area contributed by atoms with Crippen molar-refractivity contribution in [2.24, 2.45) is 0 Å². The van der Waals surface area contributed by atoms with Gasteiger partial charge in [-0.05, 0) is 22.9 Å². The topological polar surface area (TPSA) is 28.7 Å². The molecule has 2 nitrogen and oxygen atoms in total. The highest BCUT2D eigenvalue weighted by Gasteiger charge is 2.11. The highest BCUT2D eigenvalue weighted by atomic mass is 32.1. The number of nitrogens with zero attached hydrogens (tertiary/aromatic N) is 1. The normalized spacial score (nSPS) is 12.0. The van der Waals surface area contributed by atoms with E-state index < -0.39 is 0 Å². The van der Waals surface area contributed by atoms with Gasteiger partial charge in [0.25, 0.3) is 0 Å². The van der Waals surface area contributed by atoms with Crippen molar-refractivity contribution in [3.63, 3.8) is 0 Å². The number of aromatic nitrogens is 2. The van der Waals surface area contributed by atoms with Crippen LogP contribution in [0.5, 0.6) is 0 Å². The summed E-state index contributed by atoms with van der Waals surface area (Å²) in [7, 11) is 0. The maximum atomic E-state index is 4.40. The van der Waals surface area contributed by atoms with Gasteiger partial charge in [-0.1, -0.05) is 0 Å². The Labute approximate surface area is 93.2 Å². The van der Waals surface area contributed by atoms with Crippen molar-refractivity contribution in [3.05, 3.63) is 29.2 Å². The van der Waals surface area contributed by atoms with E-state index >= 15 is 0 Å². The van der Waals surface area contributed by atoms with Gasteiger partial charge in [-0.3, -0.25) is 0 Å². The molecule has 0 aliphatic heterocycles. The molecule has 0 bridgehead atoms. The molecule has 0 radical (unpaired) electrons. The average molecular weight is 230 g/mol. The van der Waals surface area contributed by atoms with E-state index in [0.717, 1.165) is 11.0 Å². The van der Waals surface area contributed by atoms with Crippen LogP contribution >= 0.6 is 22.7 Å². The third-order valence-electron chi connectivity index (χ3n) is 2.70. The summed E-state index contributed by atoms with van der Waals surface area (Å²) in [5.41, 5.74) is 2.26. The second-order valence-corrected chi connectivity index (χ2v) is 5.29. The lowest BCUT2D eigenvalue weighted by atomic mass is 10.2. The van der Waals surface area contributed by atoms with Crippen LogP contribution in [-0.2, 0) is 0 Å². The molecule has 0 amide bonds. The molecule has 3 aromatic heterocycles. The summed E-state index contributed by atoms with van der Waals surface area (Å²) in [6.07, 6.45) is 1.78. The molecule has 4 aromatic rings. The van der Waals surface area contributed by atoms with E-state index in [1.54, 1.807) is 29.0 Å². The van der Waals surface area contributed by atoms with E-state index in [9.17, 15) is 0 Å². The van der Waals surface area contributed by atoms with Crippen molar-refractivity contribution in [3.8, 4) is 0 Å². The van der Waals surface area contributed by atoms with E-state index in [1.165, 1.54) is 20.2 Å². The summed E-state index contributed by atoms with van der Waals surface area (Å²) in [6, 6.07) is 4.32. The van der Waals surface area contributed by atoms with Gasteiger partial charge in [-0.2, -0.15) is 0 Å². The first-order valence-corrected chi connectivity index (χ1v) is 6.40. The number of fused-ring (bicyclic) bond motifs is 6. The molecular weight excluding hydrogens is 224 g/mol. The number of rotatable bonds is 0. The van der Waals surface area contributed by atoms with Gasteiger partial charge in [-0.25, -0.2) is 4.98 Å². The smallest absolute Gasteiger partial charge is 0.0976 e. The predicted octanol–water partition coefficient (Wildman–Crippen LogP) is 3.99. The molecule has 15 heavy (non-hydrogen) atoms. The van der Waals surface area contributed by atoms with Crippen molar-refractivity contribution in [2.45, 2.75) is 0 Å². The van der Waals surface area contributed by atoms with Gasteiger partial charge in [-0.15, -0.1) is 22.7 Å². The highest BCUT2D eigenvalue weighted by Crippen LogP contribution is 2.38. The Hall–Kier alpha value is -1.39. The van der Waals surface area contributed by atoms with Crippen molar-refractivity contribution in [1.29, 1.82) is 0 Å². The van der Waals surface area contributed by atoms with Crippen molar-refractivity contribution in [2.75, 3.05) is 0 Å². The van der Waals surface area contributed by atoms with Crippen LogP contribution in [-0.4, -0.2) is 9.97 Å². The first-order chi connectivity index (χ1) is 7.45. The Morgan fingerprint density at radius 1 is 1.00 bits per heavy atom. The molecule has 1 N–H and O–H groups in total. The summed E-state index contributed by atoms with van der Waals surface area (Å²) in [5.74, 6) is 0. The molecule has 1 aromatic carbocycles. The lowest BCUT2D eigenvalue weighted by molar-refractivity contribution is 1.35. The van der Waals surface area contributed by atoms with Crippen molar-refractivity contribution < 1.29 is 0 Å². The summed E-state index contributed by atoms with van der Waals surface area (Å²) >= 11 is 3.60. The molecule has 0 atom stereocenters. The van der Waals surface area contributed by atoms with E-state index in [2.05, 4.69) is 32.9 Å². The minimum atomic E-state index is 1.09. The van der Waals surface area contributed by atoms with Crippen LogP contribution in [0.1, 0.15) is 0 Å². The van der Waals surface area contributed by atoms with Gasteiger partial charge in [0.15, 0.2) is 0 Å². The Bertz CT molecular complexity index is 581. The van der Waals surface area contributed by atoms with E-state index in [-0.39, 0.29) is 0 Å². The van der Waals surface area contributed by atoms with E-state index in [4.69, 9.17) is 0 Å². The number of hydrogen-bond donors (Lipinski definition) is 1. The van der Waals surface area contributed by atoms with Crippen molar-refractivity contribution >= 4 is 53.9 Å². The molecule has 3 heterocycles. The fourth-order valence-corrected chi connectivity index (χ4v) is 4.05. The number of imidazole rings is 1. The fraction of sp³-hybridized carbons (Fsp3) is 0. The number of aromatic amines is 1. The molecule has 0 aliphatic rings. The maximum absolute atomic E-state index is 4.40. The number of benzene rings is 1. The van der Waals surface area contributed by atoms with Crippen LogP contribution in [0, 0.1) is 0 Å². The van der Waals surface area contributed by atoms with Crippen LogP contribution in [0.2, 0.25) is 0 Å². The lowest BCUT2D eigenvalue weighted by Crippen LogP contribution is -1.72. The minimum Gasteiger partial charge on any atom is -0.344 e. The van der Waals surface area contributed by atoms with Gasteiger partial charge in [0, 0.05) is 10.8 Å². The van der Waals surface area contributed by atoms with E-state index in [0.29, 0.717) is 0 Å². The quantitative estimate of drug-likeness (QED) is 0.486. The van der Waals surface area contributed by atoms with Crippen LogP contribution in [0.25, 0.3) is 31.2 Å². The molecule has 72 valence electrons. The highest BCUT2D eigenvalue weighted by molar-refractivity contribution is 7.25. The monoisotopic (exact) mass is 230 g/mol. The number of H-pyrrole nitrogens is 1. The number of hydrogen-bond acceptors (Lipinski definition) is 3. The minimum absolute atomic E-state index is 1.09. The Kier molecular flexibility index (Phi) is 1.36. The van der Waals surface area contributed by atoms with Crippen LogP contribution in [0.4, 0.5) is 0 Å². The first kappa shape index (κ1) is 7.84. The standard InChI is InChI=1S/C11H6N2S2/c1-3-14-10-6(1)8-9(13-5-12-8)7-2-4-15-11(7)10/h1-5H,(H,12,13). The second kappa shape index (κ2) is 2.59. The Balaban J connectivity index is 2.56. The average Bonchev–Trinajstić information content (AvgIpc) is 2.97.